The Morgan fingerprint density at radius 2 is 1.75 bits per heavy atom. The van der Waals surface area contributed by atoms with E-state index < -0.39 is 15.8 Å². The molecular weight excluding hydrogens is 283 g/mol. The van der Waals surface area contributed by atoms with Gasteiger partial charge in [-0.25, -0.2) is 17.5 Å². The molecule has 1 aromatic rings. The highest BCUT2D eigenvalue weighted by molar-refractivity contribution is 7.89. The van der Waals surface area contributed by atoms with Gasteiger partial charge in [0, 0.05) is 18.5 Å². The van der Waals surface area contributed by atoms with Crippen LogP contribution in [0.15, 0.2) is 29.2 Å². The number of nitrogens with one attached hydrogen (secondary N) is 2. The fourth-order valence-corrected chi connectivity index (χ4v) is 2.51. The third-order valence-corrected chi connectivity index (χ3v) is 3.76. The first-order chi connectivity index (χ1) is 9.10. The topological polar surface area (TPSA) is 75.3 Å². The summed E-state index contributed by atoms with van der Waals surface area (Å²) in [6, 6.07) is 4.49. The van der Waals surface area contributed by atoms with Crippen LogP contribution >= 0.6 is 0 Å². The number of amides is 1. The molecule has 0 fully saturated rings. The van der Waals surface area contributed by atoms with Crippen LogP contribution in [0.25, 0.3) is 0 Å². The summed E-state index contributed by atoms with van der Waals surface area (Å²) in [5, 5.41) is 2.73. The lowest BCUT2D eigenvalue weighted by Crippen LogP contribution is -2.41. The third-order valence-electron chi connectivity index (χ3n) is 2.28. The molecule has 20 heavy (non-hydrogen) atoms. The van der Waals surface area contributed by atoms with Gasteiger partial charge in [0.1, 0.15) is 5.82 Å². The van der Waals surface area contributed by atoms with Gasteiger partial charge in [0.2, 0.25) is 15.9 Å². The van der Waals surface area contributed by atoms with Crippen molar-refractivity contribution >= 4 is 15.9 Å². The molecular formula is C13H19FN2O3S. The zero-order valence-electron chi connectivity index (χ0n) is 11.7. The Morgan fingerprint density at radius 3 is 2.25 bits per heavy atom. The largest absolute Gasteiger partial charge is 0.351 e. The highest BCUT2D eigenvalue weighted by Crippen LogP contribution is 2.09. The highest BCUT2D eigenvalue weighted by atomic mass is 32.2. The highest BCUT2D eigenvalue weighted by Gasteiger charge is 2.16. The fourth-order valence-electron chi connectivity index (χ4n) is 1.48. The summed E-state index contributed by atoms with van der Waals surface area (Å²) in [6.07, 6.45) is 0.0394. The van der Waals surface area contributed by atoms with Gasteiger partial charge < -0.3 is 5.32 Å². The van der Waals surface area contributed by atoms with Gasteiger partial charge in [0.15, 0.2) is 0 Å². The van der Waals surface area contributed by atoms with Crippen LogP contribution < -0.4 is 10.0 Å². The first-order valence-corrected chi connectivity index (χ1v) is 7.65. The number of rotatable bonds is 5. The van der Waals surface area contributed by atoms with Crippen molar-refractivity contribution in [3.05, 3.63) is 30.1 Å². The van der Waals surface area contributed by atoms with E-state index in [2.05, 4.69) is 10.0 Å². The molecule has 0 aliphatic heterocycles. The molecule has 0 aliphatic rings. The third kappa shape index (κ3) is 5.66. The lowest BCUT2D eigenvalue weighted by molar-refractivity contribution is -0.122. The molecule has 112 valence electrons. The average Bonchev–Trinajstić information content (AvgIpc) is 2.26. The SMILES string of the molecule is CC(C)(C)NC(=O)CCNS(=O)(=O)c1ccc(F)cc1. The number of hydrogen-bond donors (Lipinski definition) is 2. The van der Waals surface area contributed by atoms with Crippen molar-refractivity contribution in [1.82, 2.24) is 10.0 Å². The molecule has 0 bridgehead atoms. The molecule has 0 heterocycles. The van der Waals surface area contributed by atoms with Crippen LogP contribution in [0.4, 0.5) is 4.39 Å². The average molecular weight is 302 g/mol. The van der Waals surface area contributed by atoms with Crippen molar-refractivity contribution in [2.24, 2.45) is 0 Å². The molecule has 5 nitrogen and oxygen atoms in total. The smallest absolute Gasteiger partial charge is 0.240 e. The Labute approximate surface area is 118 Å². The second-order valence-electron chi connectivity index (χ2n) is 5.40. The van der Waals surface area contributed by atoms with E-state index in [1.807, 2.05) is 20.8 Å². The quantitative estimate of drug-likeness (QED) is 0.863. The van der Waals surface area contributed by atoms with Gasteiger partial charge in [-0.2, -0.15) is 0 Å². The summed E-state index contributed by atoms with van der Waals surface area (Å²) >= 11 is 0. The molecule has 0 atom stereocenters. The van der Waals surface area contributed by atoms with Gasteiger partial charge in [-0.3, -0.25) is 4.79 Å². The Balaban J connectivity index is 2.53. The molecule has 0 saturated heterocycles. The minimum absolute atomic E-state index is 0.0123. The van der Waals surface area contributed by atoms with Gasteiger partial charge in [-0.1, -0.05) is 0 Å². The van der Waals surface area contributed by atoms with Crippen LogP contribution in [0.3, 0.4) is 0 Å². The standard InChI is InChI=1S/C13H19FN2O3S/c1-13(2,3)16-12(17)8-9-15-20(18,19)11-6-4-10(14)5-7-11/h4-7,15H,8-9H2,1-3H3,(H,16,17). The van der Waals surface area contributed by atoms with Crippen molar-refractivity contribution in [2.45, 2.75) is 37.6 Å². The second kappa shape index (κ2) is 6.32. The second-order valence-corrected chi connectivity index (χ2v) is 7.17. The summed E-state index contributed by atoms with van der Waals surface area (Å²) in [7, 11) is -3.71. The molecule has 0 unspecified atom stereocenters. The van der Waals surface area contributed by atoms with Gasteiger partial charge in [0.25, 0.3) is 0 Å². The van der Waals surface area contributed by atoms with E-state index in [-0.39, 0.29) is 29.3 Å². The molecule has 0 spiro atoms. The van der Waals surface area contributed by atoms with E-state index in [0.29, 0.717) is 0 Å². The van der Waals surface area contributed by atoms with Gasteiger partial charge in [-0.15, -0.1) is 0 Å². The van der Waals surface area contributed by atoms with E-state index in [1.165, 1.54) is 12.1 Å². The van der Waals surface area contributed by atoms with Gasteiger partial charge >= 0.3 is 0 Å². The Morgan fingerprint density at radius 1 is 1.20 bits per heavy atom. The summed E-state index contributed by atoms with van der Waals surface area (Å²) in [6.45, 7) is 5.51. The molecule has 1 rings (SSSR count). The summed E-state index contributed by atoms with van der Waals surface area (Å²) in [5.74, 6) is -0.743. The lowest BCUT2D eigenvalue weighted by Gasteiger charge is -2.20. The maximum Gasteiger partial charge on any atom is 0.240 e. The van der Waals surface area contributed by atoms with Crippen molar-refractivity contribution in [2.75, 3.05) is 6.54 Å². The van der Waals surface area contributed by atoms with E-state index in [1.54, 1.807) is 0 Å². The number of hydrogen-bond acceptors (Lipinski definition) is 3. The Hall–Kier alpha value is -1.47. The number of carbonyl (C=O) groups excluding carboxylic acids is 1. The van der Waals surface area contributed by atoms with Crippen LogP contribution in [0.5, 0.6) is 0 Å². The van der Waals surface area contributed by atoms with Crippen LogP contribution in [-0.2, 0) is 14.8 Å². The van der Waals surface area contributed by atoms with Crippen LogP contribution in [0.1, 0.15) is 27.2 Å². The molecule has 0 saturated carbocycles. The van der Waals surface area contributed by atoms with E-state index >= 15 is 0 Å². The van der Waals surface area contributed by atoms with Crippen molar-refractivity contribution < 1.29 is 17.6 Å². The molecule has 0 aromatic heterocycles. The molecule has 1 aromatic carbocycles. The molecule has 2 N–H and O–H groups in total. The lowest BCUT2D eigenvalue weighted by atomic mass is 10.1. The van der Waals surface area contributed by atoms with Crippen LogP contribution in [0, 0.1) is 5.82 Å². The van der Waals surface area contributed by atoms with E-state index in [0.717, 1.165) is 12.1 Å². The number of sulfonamides is 1. The maximum atomic E-state index is 12.7. The number of carbonyl (C=O) groups is 1. The van der Waals surface area contributed by atoms with Gasteiger partial charge in [0.05, 0.1) is 4.90 Å². The summed E-state index contributed by atoms with van der Waals surface area (Å²) in [5.41, 5.74) is -0.354. The van der Waals surface area contributed by atoms with Crippen LogP contribution in [0.2, 0.25) is 0 Å². The van der Waals surface area contributed by atoms with Crippen LogP contribution in [-0.4, -0.2) is 26.4 Å². The number of halogens is 1. The van der Waals surface area contributed by atoms with Crippen molar-refractivity contribution in [1.29, 1.82) is 0 Å². The number of benzene rings is 1. The molecule has 0 aliphatic carbocycles. The van der Waals surface area contributed by atoms with E-state index in [9.17, 15) is 17.6 Å². The first-order valence-electron chi connectivity index (χ1n) is 6.16. The molecule has 1 amide bonds. The van der Waals surface area contributed by atoms with E-state index in [4.69, 9.17) is 0 Å². The molecule has 0 radical (unpaired) electrons. The fraction of sp³-hybridized carbons (Fsp3) is 0.462. The Kier molecular flexibility index (Phi) is 5.24. The van der Waals surface area contributed by atoms with Gasteiger partial charge in [-0.05, 0) is 45.0 Å². The maximum absolute atomic E-state index is 12.7. The minimum Gasteiger partial charge on any atom is -0.351 e. The normalized spacial score (nSPS) is 12.2. The van der Waals surface area contributed by atoms with Crippen molar-refractivity contribution in [3.63, 3.8) is 0 Å². The Bertz CT molecular complexity index is 562. The predicted octanol–water partition coefficient (Wildman–Crippen LogP) is 1.41. The summed E-state index contributed by atoms with van der Waals surface area (Å²) < 4.78 is 38.7. The van der Waals surface area contributed by atoms with Crippen molar-refractivity contribution in [3.8, 4) is 0 Å². The predicted molar refractivity (Wildman–Crippen MR) is 74.1 cm³/mol. The monoisotopic (exact) mass is 302 g/mol. The zero-order chi connectivity index (χ0) is 15.4. The molecule has 7 heteroatoms. The minimum atomic E-state index is -3.71. The zero-order valence-corrected chi connectivity index (χ0v) is 12.6. The summed E-state index contributed by atoms with van der Waals surface area (Å²) in [4.78, 5) is 11.5. The first kappa shape index (κ1) is 16.6.